The maximum absolute atomic E-state index is 11.8. The summed E-state index contributed by atoms with van der Waals surface area (Å²) in [4.78, 5) is 25.1. The molecule has 1 aliphatic heterocycles. The molecule has 0 aromatic carbocycles. The largest absolute Gasteiger partial charge is 0.331 e. The number of nitrogens with zero attached hydrogens (tertiary/aromatic N) is 1. The van der Waals surface area contributed by atoms with Gasteiger partial charge in [0.25, 0.3) is 0 Å². The van der Waals surface area contributed by atoms with Gasteiger partial charge >= 0.3 is 0 Å². The first-order valence-electron chi connectivity index (χ1n) is 5.11. The van der Waals surface area contributed by atoms with Gasteiger partial charge in [0.15, 0.2) is 0 Å². The van der Waals surface area contributed by atoms with Crippen molar-refractivity contribution < 1.29 is 9.59 Å². The summed E-state index contributed by atoms with van der Waals surface area (Å²) in [7, 11) is 0. The van der Waals surface area contributed by atoms with Crippen molar-refractivity contribution in [3.05, 3.63) is 0 Å². The van der Waals surface area contributed by atoms with Gasteiger partial charge in [-0.05, 0) is 27.7 Å². The molecule has 1 amide bonds. The molecule has 1 heterocycles. The molecule has 15 heavy (non-hydrogen) atoms. The second-order valence-corrected chi connectivity index (χ2v) is 5.65. The number of hydrogen-bond acceptors (Lipinski definition) is 2. The van der Waals surface area contributed by atoms with E-state index < -0.39 is 11.1 Å². The van der Waals surface area contributed by atoms with Crippen molar-refractivity contribution >= 4 is 23.3 Å². The van der Waals surface area contributed by atoms with Crippen LogP contribution < -0.4 is 0 Å². The Labute approximate surface area is 95.8 Å². The van der Waals surface area contributed by atoms with E-state index in [2.05, 4.69) is 0 Å². The number of hydrogen-bond donors (Lipinski definition) is 0. The van der Waals surface area contributed by atoms with E-state index in [4.69, 9.17) is 11.6 Å². The molecule has 4 heteroatoms. The van der Waals surface area contributed by atoms with E-state index in [0.717, 1.165) is 0 Å². The van der Waals surface area contributed by atoms with Crippen LogP contribution in [-0.4, -0.2) is 33.5 Å². The van der Waals surface area contributed by atoms with E-state index >= 15 is 0 Å². The van der Waals surface area contributed by atoms with Crippen LogP contribution in [0.4, 0.5) is 0 Å². The Kier molecular flexibility index (Phi) is 3.15. The molecule has 0 aliphatic carbocycles. The number of ketones is 1. The van der Waals surface area contributed by atoms with Gasteiger partial charge in [0.2, 0.25) is 5.91 Å². The maximum Gasteiger partial charge on any atom is 0.238 e. The zero-order valence-corrected chi connectivity index (χ0v) is 10.5. The quantitative estimate of drug-likeness (QED) is 0.647. The number of rotatable bonds is 1. The Bertz CT molecular complexity index is 277. The highest BCUT2D eigenvalue weighted by Crippen LogP contribution is 2.36. The molecule has 3 nitrogen and oxygen atoms in total. The average Bonchev–Trinajstić information content (AvgIpc) is 1.97. The molecule has 0 radical (unpaired) electrons. The lowest BCUT2D eigenvalue weighted by atomic mass is 9.79. The van der Waals surface area contributed by atoms with Crippen LogP contribution in [0.3, 0.4) is 0 Å². The van der Waals surface area contributed by atoms with Gasteiger partial charge in [-0.25, -0.2) is 0 Å². The lowest BCUT2D eigenvalue weighted by Crippen LogP contribution is -2.63. The summed E-state index contributed by atoms with van der Waals surface area (Å²) < 4.78 is 0. The summed E-state index contributed by atoms with van der Waals surface area (Å²) >= 11 is 5.60. The van der Waals surface area contributed by atoms with Crippen LogP contribution in [-0.2, 0) is 9.59 Å². The molecule has 1 aliphatic rings. The molecule has 1 rings (SSSR count). The zero-order chi connectivity index (χ0) is 11.9. The van der Waals surface area contributed by atoms with Crippen LogP contribution in [0.1, 0.15) is 40.5 Å². The number of Topliss-reactive ketones (excluding diaryl/α,β-unsaturated/α-hetero) is 1. The number of halogens is 1. The third kappa shape index (κ3) is 2.33. The first-order valence-corrected chi connectivity index (χ1v) is 5.65. The Balaban J connectivity index is 3.08. The van der Waals surface area contributed by atoms with Crippen LogP contribution in [0.15, 0.2) is 0 Å². The minimum Gasteiger partial charge on any atom is -0.331 e. The second kappa shape index (κ2) is 3.78. The van der Waals surface area contributed by atoms with E-state index in [1.54, 1.807) is 4.90 Å². The third-order valence-corrected chi connectivity index (χ3v) is 3.06. The van der Waals surface area contributed by atoms with Crippen LogP contribution in [0.5, 0.6) is 0 Å². The van der Waals surface area contributed by atoms with Crippen LogP contribution in [0.2, 0.25) is 0 Å². The minimum absolute atomic E-state index is 0.0267. The van der Waals surface area contributed by atoms with Crippen molar-refractivity contribution in [3.8, 4) is 0 Å². The Morgan fingerprint density at radius 3 is 2.00 bits per heavy atom. The van der Waals surface area contributed by atoms with Crippen molar-refractivity contribution in [2.45, 2.75) is 51.6 Å². The van der Waals surface area contributed by atoms with Crippen molar-refractivity contribution in [2.75, 3.05) is 5.88 Å². The van der Waals surface area contributed by atoms with Crippen molar-refractivity contribution in [1.29, 1.82) is 0 Å². The first kappa shape index (κ1) is 12.5. The molecule has 1 saturated heterocycles. The number of alkyl halides is 1. The van der Waals surface area contributed by atoms with E-state index in [9.17, 15) is 9.59 Å². The molecule has 0 aromatic heterocycles. The summed E-state index contributed by atoms with van der Waals surface area (Å²) in [6.07, 6.45) is 0.831. The van der Waals surface area contributed by atoms with Gasteiger partial charge in [0, 0.05) is 23.9 Å². The second-order valence-electron chi connectivity index (χ2n) is 5.38. The maximum atomic E-state index is 11.8. The number of carbonyl (C=O) groups is 2. The predicted molar refractivity (Wildman–Crippen MR) is 60.0 cm³/mol. The molecular weight excluding hydrogens is 214 g/mol. The van der Waals surface area contributed by atoms with Gasteiger partial charge in [-0.15, -0.1) is 11.6 Å². The monoisotopic (exact) mass is 231 g/mol. The molecule has 0 saturated carbocycles. The fraction of sp³-hybridized carbons (Fsp3) is 0.818. The summed E-state index contributed by atoms with van der Waals surface area (Å²) in [6.45, 7) is 7.65. The normalized spacial score (nSPS) is 24.1. The first-order chi connectivity index (χ1) is 6.70. The highest BCUT2D eigenvalue weighted by atomic mass is 35.5. The molecule has 0 aromatic rings. The standard InChI is InChI=1S/C11H18ClNO2/c1-10(2)5-8(14)6-11(3,4)13(10)9(15)7-12/h5-7H2,1-4H3. The third-order valence-electron chi connectivity index (χ3n) is 2.83. The topological polar surface area (TPSA) is 37.4 Å². The lowest BCUT2D eigenvalue weighted by Gasteiger charge is -2.51. The minimum atomic E-state index is -0.426. The van der Waals surface area contributed by atoms with Crippen LogP contribution in [0, 0.1) is 0 Å². The zero-order valence-electron chi connectivity index (χ0n) is 9.76. The molecule has 0 unspecified atom stereocenters. The van der Waals surface area contributed by atoms with Gasteiger partial charge in [-0.3, -0.25) is 9.59 Å². The van der Waals surface area contributed by atoms with Crippen molar-refractivity contribution in [1.82, 2.24) is 4.90 Å². The van der Waals surface area contributed by atoms with E-state index in [1.165, 1.54) is 0 Å². The number of likely N-dealkylation sites (tertiary alicyclic amines) is 1. The summed E-state index contributed by atoms with van der Waals surface area (Å²) in [6, 6.07) is 0. The SMILES string of the molecule is CC1(C)CC(=O)CC(C)(C)N1C(=O)CCl. The van der Waals surface area contributed by atoms with Gasteiger partial charge in [-0.1, -0.05) is 0 Å². The van der Waals surface area contributed by atoms with E-state index in [1.807, 2.05) is 27.7 Å². The van der Waals surface area contributed by atoms with E-state index in [0.29, 0.717) is 12.8 Å². The number of carbonyl (C=O) groups excluding carboxylic acids is 2. The lowest BCUT2D eigenvalue weighted by molar-refractivity contribution is -0.151. The molecule has 0 spiro atoms. The van der Waals surface area contributed by atoms with Crippen LogP contribution >= 0.6 is 11.6 Å². The molecular formula is C11H18ClNO2. The van der Waals surface area contributed by atoms with Crippen molar-refractivity contribution in [2.24, 2.45) is 0 Å². The van der Waals surface area contributed by atoms with Gasteiger partial charge in [0.1, 0.15) is 11.7 Å². The molecule has 1 fully saturated rings. The van der Waals surface area contributed by atoms with Gasteiger partial charge in [0.05, 0.1) is 0 Å². The highest BCUT2D eigenvalue weighted by Gasteiger charge is 2.46. The van der Waals surface area contributed by atoms with Gasteiger partial charge < -0.3 is 4.90 Å². The van der Waals surface area contributed by atoms with Crippen molar-refractivity contribution in [3.63, 3.8) is 0 Å². The Hall–Kier alpha value is -0.570. The summed E-state index contributed by atoms with van der Waals surface area (Å²) in [5.41, 5.74) is -0.852. The fourth-order valence-corrected chi connectivity index (χ4v) is 2.86. The Morgan fingerprint density at radius 1 is 1.27 bits per heavy atom. The number of amides is 1. The molecule has 0 atom stereocenters. The molecule has 0 N–H and O–H groups in total. The van der Waals surface area contributed by atoms with Gasteiger partial charge in [-0.2, -0.15) is 0 Å². The Morgan fingerprint density at radius 2 is 1.67 bits per heavy atom. The molecule has 0 bridgehead atoms. The van der Waals surface area contributed by atoms with E-state index in [-0.39, 0.29) is 17.6 Å². The molecule has 86 valence electrons. The van der Waals surface area contributed by atoms with Crippen LogP contribution in [0.25, 0.3) is 0 Å². The smallest absolute Gasteiger partial charge is 0.238 e. The average molecular weight is 232 g/mol. The number of piperidine rings is 1. The summed E-state index contributed by atoms with van der Waals surface area (Å²) in [5, 5.41) is 0. The predicted octanol–water partition coefficient (Wildman–Crippen LogP) is 1.97. The fourth-order valence-electron chi connectivity index (χ4n) is 2.74. The highest BCUT2D eigenvalue weighted by molar-refractivity contribution is 6.27. The summed E-state index contributed by atoms with van der Waals surface area (Å²) in [5.74, 6) is 0.0870.